The van der Waals surface area contributed by atoms with Crippen molar-refractivity contribution in [1.82, 2.24) is 5.32 Å². The smallest absolute Gasteiger partial charge is 0.278 e. The second kappa shape index (κ2) is 7.63. The first-order valence-corrected chi connectivity index (χ1v) is 6.61. The van der Waals surface area contributed by atoms with Crippen molar-refractivity contribution in [2.45, 2.75) is 31.9 Å². The number of nitrogens with one attached hydrogen (secondary N) is 2. The summed E-state index contributed by atoms with van der Waals surface area (Å²) in [5, 5.41) is 5.06. The third-order valence-corrected chi connectivity index (χ3v) is 3.11. The molecule has 2 atom stereocenters. The summed E-state index contributed by atoms with van der Waals surface area (Å²) in [7, 11) is 4.24. The number of carbonyl (C=O) groups is 1. The van der Waals surface area contributed by atoms with Gasteiger partial charge < -0.3 is 20.3 Å². The molecule has 1 rings (SSSR count). The zero-order valence-corrected chi connectivity index (χ0v) is 11.3. The van der Waals surface area contributed by atoms with Crippen LogP contribution in [0.1, 0.15) is 19.8 Å². The highest BCUT2D eigenvalue weighted by atomic mass is 16.5. The summed E-state index contributed by atoms with van der Waals surface area (Å²) in [5.41, 5.74) is 0. The van der Waals surface area contributed by atoms with E-state index in [1.165, 1.54) is 4.90 Å². The number of amides is 1. The number of hydrogen-bond acceptors (Lipinski definition) is 2. The minimum atomic E-state index is -0.00393. The monoisotopic (exact) mass is 245 g/mol. The Kier molecular flexibility index (Phi) is 6.47. The van der Waals surface area contributed by atoms with E-state index in [0.29, 0.717) is 6.54 Å². The molecule has 4 N–H and O–H groups in total. The van der Waals surface area contributed by atoms with Gasteiger partial charge in [0.1, 0.15) is 13.1 Å². The summed E-state index contributed by atoms with van der Waals surface area (Å²) >= 11 is 0. The fraction of sp³-hybridized carbons (Fsp3) is 0.917. The standard InChI is InChI=1S/C12H25N3O2/c1-10(13-6-7-15(2)3)12(16)14-9-11-5-4-8-17-11/h10-11,13H,4-9H2,1-3H3,(H,14,16)/p+2/t10-,11+/m0/s1. The fourth-order valence-electron chi connectivity index (χ4n) is 1.91. The lowest BCUT2D eigenvalue weighted by Gasteiger charge is -2.14. The van der Waals surface area contributed by atoms with Crippen LogP contribution < -0.4 is 15.5 Å². The summed E-state index contributed by atoms with van der Waals surface area (Å²) in [4.78, 5) is 13.2. The maximum absolute atomic E-state index is 11.8. The van der Waals surface area contributed by atoms with E-state index in [0.717, 1.165) is 32.5 Å². The van der Waals surface area contributed by atoms with E-state index in [1.54, 1.807) is 0 Å². The number of hydrogen-bond donors (Lipinski definition) is 3. The molecular formula is C12H27N3O2+2. The third kappa shape index (κ3) is 6.00. The number of nitrogens with two attached hydrogens (primary N) is 1. The number of likely N-dealkylation sites (N-methyl/N-ethyl adjacent to an activating group) is 1. The van der Waals surface area contributed by atoms with Gasteiger partial charge in [0.15, 0.2) is 6.04 Å². The molecule has 1 saturated heterocycles. The maximum atomic E-state index is 11.8. The largest absolute Gasteiger partial charge is 0.376 e. The Labute approximate surface area is 104 Å². The van der Waals surface area contributed by atoms with E-state index in [9.17, 15) is 4.79 Å². The fourth-order valence-corrected chi connectivity index (χ4v) is 1.91. The van der Waals surface area contributed by atoms with E-state index in [2.05, 4.69) is 24.7 Å². The lowest BCUT2D eigenvalue weighted by Crippen LogP contribution is -3.10. The van der Waals surface area contributed by atoms with Crippen LogP contribution in [0.2, 0.25) is 0 Å². The van der Waals surface area contributed by atoms with E-state index >= 15 is 0 Å². The number of rotatable bonds is 7. The normalized spacial score (nSPS) is 21.8. The van der Waals surface area contributed by atoms with Gasteiger partial charge in [-0.1, -0.05) is 0 Å². The lowest BCUT2D eigenvalue weighted by atomic mass is 10.2. The Hall–Kier alpha value is -0.650. The Bertz CT molecular complexity index is 228. The Balaban J connectivity index is 2.08. The molecule has 5 nitrogen and oxygen atoms in total. The van der Waals surface area contributed by atoms with Crippen LogP contribution in [-0.4, -0.2) is 58.4 Å². The topological polar surface area (TPSA) is 59.4 Å². The molecule has 0 spiro atoms. The molecule has 1 aliphatic heterocycles. The van der Waals surface area contributed by atoms with Gasteiger partial charge in [-0.05, 0) is 19.8 Å². The van der Waals surface area contributed by atoms with Gasteiger partial charge in [0.05, 0.1) is 20.2 Å². The molecular weight excluding hydrogens is 218 g/mol. The van der Waals surface area contributed by atoms with Crippen molar-refractivity contribution in [1.29, 1.82) is 0 Å². The van der Waals surface area contributed by atoms with Gasteiger partial charge in [-0.15, -0.1) is 0 Å². The quantitative estimate of drug-likeness (QED) is 0.460. The van der Waals surface area contributed by atoms with Crippen LogP contribution in [0.3, 0.4) is 0 Å². The average Bonchev–Trinajstić information content (AvgIpc) is 2.78. The Morgan fingerprint density at radius 2 is 2.35 bits per heavy atom. The van der Waals surface area contributed by atoms with Gasteiger partial charge >= 0.3 is 0 Å². The van der Waals surface area contributed by atoms with Crippen molar-refractivity contribution in [3.63, 3.8) is 0 Å². The number of quaternary nitrogens is 2. The van der Waals surface area contributed by atoms with E-state index < -0.39 is 0 Å². The molecule has 0 saturated carbocycles. The molecule has 1 amide bonds. The van der Waals surface area contributed by atoms with Crippen molar-refractivity contribution >= 4 is 5.91 Å². The summed E-state index contributed by atoms with van der Waals surface area (Å²) in [6.45, 7) is 5.51. The minimum Gasteiger partial charge on any atom is -0.376 e. The molecule has 0 radical (unpaired) electrons. The highest BCUT2D eigenvalue weighted by Crippen LogP contribution is 2.10. The van der Waals surface area contributed by atoms with Crippen LogP contribution in [0.5, 0.6) is 0 Å². The highest BCUT2D eigenvalue weighted by Gasteiger charge is 2.20. The van der Waals surface area contributed by atoms with Gasteiger partial charge in [-0.25, -0.2) is 0 Å². The molecule has 5 heteroatoms. The van der Waals surface area contributed by atoms with Crippen LogP contribution in [0.4, 0.5) is 0 Å². The van der Waals surface area contributed by atoms with Crippen molar-refractivity contribution in [3.05, 3.63) is 0 Å². The maximum Gasteiger partial charge on any atom is 0.278 e. The second-order valence-corrected chi connectivity index (χ2v) is 5.15. The van der Waals surface area contributed by atoms with Gasteiger partial charge in [-0.2, -0.15) is 0 Å². The van der Waals surface area contributed by atoms with Crippen LogP contribution in [0.25, 0.3) is 0 Å². The van der Waals surface area contributed by atoms with E-state index in [4.69, 9.17) is 4.74 Å². The molecule has 0 bridgehead atoms. The van der Waals surface area contributed by atoms with Gasteiger partial charge in [0.2, 0.25) is 0 Å². The molecule has 0 aromatic heterocycles. The zero-order chi connectivity index (χ0) is 12.7. The molecule has 1 fully saturated rings. The minimum absolute atomic E-state index is 0.00393. The lowest BCUT2D eigenvalue weighted by molar-refractivity contribution is -0.875. The molecule has 0 aromatic rings. The van der Waals surface area contributed by atoms with Crippen LogP contribution >= 0.6 is 0 Å². The first-order chi connectivity index (χ1) is 8.09. The van der Waals surface area contributed by atoms with Crippen LogP contribution in [0, 0.1) is 0 Å². The first-order valence-electron chi connectivity index (χ1n) is 6.61. The van der Waals surface area contributed by atoms with E-state index in [-0.39, 0.29) is 18.1 Å². The SMILES string of the molecule is C[C@H]([NH2+]CC[NH+](C)C)C(=O)NC[C@H]1CCCO1. The Morgan fingerprint density at radius 3 is 2.94 bits per heavy atom. The molecule has 1 heterocycles. The first kappa shape index (κ1) is 14.4. The number of ether oxygens (including phenoxy) is 1. The second-order valence-electron chi connectivity index (χ2n) is 5.15. The summed E-state index contributed by atoms with van der Waals surface area (Å²) in [5.74, 6) is 0.120. The van der Waals surface area contributed by atoms with Gasteiger partial charge in [-0.3, -0.25) is 4.79 Å². The molecule has 17 heavy (non-hydrogen) atoms. The molecule has 1 aliphatic rings. The average molecular weight is 245 g/mol. The van der Waals surface area contributed by atoms with Crippen molar-refractivity contribution < 1.29 is 19.7 Å². The highest BCUT2D eigenvalue weighted by molar-refractivity contribution is 5.79. The van der Waals surface area contributed by atoms with Crippen molar-refractivity contribution in [2.24, 2.45) is 0 Å². The summed E-state index contributed by atoms with van der Waals surface area (Å²) < 4.78 is 5.47. The molecule has 0 aromatic carbocycles. The molecule has 0 unspecified atom stereocenters. The number of carbonyl (C=O) groups excluding carboxylic acids is 1. The Morgan fingerprint density at radius 1 is 1.59 bits per heavy atom. The summed E-state index contributed by atoms with van der Waals surface area (Å²) in [6.07, 6.45) is 2.42. The van der Waals surface area contributed by atoms with E-state index in [1.807, 2.05) is 6.92 Å². The predicted molar refractivity (Wildman–Crippen MR) is 65.9 cm³/mol. The summed E-state index contributed by atoms with van der Waals surface area (Å²) in [6, 6.07) is -0.00393. The molecule has 0 aliphatic carbocycles. The van der Waals surface area contributed by atoms with Gasteiger partial charge in [0.25, 0.3) is 5.91 Å². The van der Waals surface area contributed by atoms with Crippen molar-refractivity contribution in [3.8, 4) is 0 Å². The van der Waals surface area contributed by atoms with Gasteiger partial charge in [0, 0.05) is 13.2 Å². The predicted octanol–water partition coefficient (Wildman–Crippen LogP) is -2.62. The van der Waals surface area contributed by atoms with Crippen LogP contribution in [0.15, 0.2) is 0 Å². The van der Waals surface area contributed by atoms with Crippen molar-refractivity contribution in [2.75, 3.05) is 40.3 Å². The molecule has 100 valence electrons. The zero-order valence-electron chi connectivity index (χ0n) is 11.3. The third-order valence-electron chi connectivity index (χ3n) is 3.11. The van der Waals surface area contributed by atoms with Crippen LogP contribution in [-0.2, 0) is 9.53 Å².